The number of pyridine rings is 1. The summed E-state index contributed by atoms with van der Waals surface area (Å²) in [6, 6.07) is 0.867. The number of halogens is 4. The lowest BCUT2D eigenvalue weighted by molar-refractivity contribution is -0.137. The van der Waals surface area contributed by atoms with Gasteiger partial charge >= 0.3 is 6.18 Å². The van der Waals surface area contributed by atoms with Gasteiger partial charge in [0, 0.05) is 18.2 Å². The maximum atomic E-state index is 12.6. The molecule has 1 aromatic heterocycles. The quantitative estimate of drug-likeness (QED) is 0.791. The molecule has 19 heavy (non-hydrogen) atoms. The molecule has 106 valence electrons. The molecule has 1 aliphatic rings. The summed E-state index contributed by atoms with van der Waals surface area (Å²) in [4.78, 5) is 3.93. The predicted molar refractivity (Wildman–Crippen MR) is 68.1 cm³/mol. The van der Waals surface area contributed by atoms with Crippen LogP contribution in [-0.4, -0.2) is 11.0 Å². The molecular weight excluding hydrogens is 277 g/mol. The Morgan fingerprint density at radius 1 is 1.21 bits per heavy atom. The van der Waals surface area contributed by atoms with E-state index < -0.39 is 11.7 Å². The van der Waals surface area contributed by atoms with E-state index in [0.29, 0.717) is 5.69 Å². The second kappa shape index (κ2) is 5.67. The van der Waals surface area contributed by atoms with Crippen molar-refractivity contribution >= 4 is 11.6 Å². The van der Waals surface area contributed by atoms with Crippen molar-refractivity contribution in [3.8, 4) is 0 Å². The first-order valence-corrected chi connectivity index (χ1v) is 6.75. The van der Waals surface area contributed by atoms with E-state index in [1.165, 1.54) is 0 Å². The van der Waals surface area contributed by atoms with Crippen LogP contribution in [0.5, 0.6) is 0 Å². The lowest BCUT2D eigenvalue weighted by Gasteiger charge is -2.22. The Labute approximate surface area is 115 Å². The van der Waals surface area contributed by atoms with Gasteiger partial charge in [0.05, 0.1) is 16.3 Å². The van der Waals surface area contributed by atoms with Crippen LogP contribution in [0, 0.1) is 0 Å². The Bertz CT molecular complexity index is 448. The number of nitrogens with two attached hydrogens (primary N) is 1. The van der Waals surface area contributed by atoms with Gasteiger partial charge in [0.2, 0.25) is 0 Å². The van der Waals surface area contributed by atoms with Gasteiger partial charge < -0.3 is 5.73 Å². The molecular formula is C13H16ClF3N2. The van der Waals surface area contributed by atoms with Crippen molar-refractivity contribution < 1.29 is 13.2 Å². The molecule has 0 spiro atoms. The SMILES string of the molecule is N[C@H]1CCCCC[C@H]1c1ncc(C(F)(F)F)cc1Cl. The summed E-state index contributed by atoms with van der Waals surface area (Å²) in [5.74, 6) is -0.0442. The third kappa shape index (κ3) is 3.39. The zero-order valence-corrected chi connectivity index (χ0v) is 11.1. The zero-order valence-electron chi connectivity index (χ0n) is 10.4. The van der Waals surface area contributed by atoms with Crippen molar-refractivity contribution in [3.05, 3.63) is 28.5 Å². The summed E-state index contributed by atoms with van der Waals surface area (Å²) in [6.07, 6.45) is 1.29. The standard InChI is InChI=1S/C13H16ClF3N2/c14-10-6-8(13(15,16)17)7-19-12(10)9-4-2-1-3-5-11(9)18/h6-7,9,11H,1-5,18H2/t9-,11+/m1/s1. The zero-order chi connectivity index (χ0) is 14.0. The molecule has 2 N–H and O–H groups in total. The summed E-state index contributed by atoms with van der Waals surface area (Å²) in [5.41, 5.74) is 5.77. The number of aromatic nitrogens is 1. The van der Waals surface area contributed by atoms with Crippen LogP contribution in [0.1, 0.15) is 49.3 Å². The summed E-state index contributed by atoms with van der Waals surface area (Å²) in [6.45, 7) is 0. The summed E-state index contributed by atoms with van der Waals surface area (Å²) in [7, 11) is 0. The molecule has 1 saturated carbocycles. The highest BCUT2D eigenvalue weighted by molar-refractivity contribution is 6.31. The lowest BCUT2D eigenvalue weighted by atomic mass is 9.91. The molecule has 6 heteroatoms. The van der Waals surface area contributed by atoms with E-state index in [2.05, 4.69) is 4.98 Å². The smallest absolute Gasteiger partial charge is 0.327 e. The van der Waals surface area contributed by atoms with Crippen molar-refractivity contribution in [2.24, 2.45) is 5.73 Å². The van der Waals surface area contributed by atoms with Crippen molar-refractivity contribution in [2.45, 2.75) is 50.2 Å². The average Bonchev–Trinajstić information content (AvgIpc) is 2.53. The first-order valence-electron chi connectivity index (χ1n) is 6.38. The van der Waals surface area contributed by atoms with Crippen LogP contribution in [0.15, 0.2) is 12.3 Å². The molecule has 0 aromatic carbocycles. The maximum absolute atomic E-state index is 12.6. The first kappa shape index (κ1) is 14.6. The van der Waals surface area contributed by atoms with E-state index in [1.807, 2.05) is 0 Å². The van der Waals surface area contributed by atoms with E-state index in [-0.39, 0.29) is 17.0 Å². The summed E-state index contributed by atoms with van der Waals surface area (Å²) < 4.78 is 37.7. The Morgan fingerprint density at radius 3 is 2.53 bits per heavy atom. The Morgan fingerprint density at radius 2 is 1.89 bits per heavy atom. The minimum absolute atomic E-state index is 0.0442. The summed E-state index contributed by atoms with van der Waals surface area (Å²) in [5, 5.41) is 0.0668. The van der Waals surface area contributed by atoms with Crippen molar-refractivity contribution in [1.29, 1.82) is 0 Å². The topological polar surface area (TPSA) is 38.9 Å². The van der Waals surface area contributed by atoms with Gasteiger partial charge in [-0.2, -0.15) is 13.2 Å². The minimum atomic E-state index is -4.42. The Kier molecular flexibility index (Phi) is 4.36. The van der Waals surface area contributed by atoms with Gasteiger partial charge in [0.1, 0.15) is 0 Å². The van der Waals surface area contributed by atoms with Crippen molar-refractivity contribution in [1.82, 2.24) is 4.98 Å². The van der Waals surface area contributed by atoms with E-state index in [4.69, 9.17) is 17.3 Å². The number of rotatable bonds is 1. The number of hydrogen-bond acceptors (Lipinski definition) is 2. The molecule has 0 bridgehead atoms. The molecule has 0 amide bonds. The molecule has 1 aromatic rings. The van der Waals surface area contributed by atoms with E-state index in [1.54, 1.807) is 0 Å². The number of alkyl halides is 3. The van der Waals surface area contributed by atoms with Crippen LogP contribution in [0.4, 0.5) is 13.2 Å². The fourth-order valence-corrected chi connectivity index (χ4v) is 2.86. The molecule has 1 fully saturated rings. The number of hydrogen-bond donors (Lipinski definition) is 1. The predicted octanol–water partition coefficient (Wildman–Crippen LogP) is 4.13. The molecule has 1 aliphatic carbocycles. The van der Waals surface area contributed by atoms with Crippen LogP contribution >= 0.6 is 11.6 Å². The fourth-order valence-electron chi connectivity index (χ4n) is 2.55. The van der Waals surface area contributed by atoms with Gasteiger partial charge in [-0.15, -0.1) is 0 Å². The van der Waals surface area contributed by atoms with E-state index in [0.717, 1.165) is 44.4 Å². The van der Waals surface area contributed by atoms with E-state index >= 15 is 0 Å². The molecule has 2 nitrogen and oxygen atoms in total. The largest absolute Gasteiger partial charge is 0.417 e. The molecule has 2 rings (SSSR count). The normalized spacial score (nSPS) is 25.1. The first-order chi connectivity index (χ1) is 8.89. The molecule has 0 saturated heterocycles. The molecule has 0 unspecified atom stereocenters. The highest BCUT2D eigenvalue weighted by Gasteiger charge is 2.33. The van der Waals surface area contributed by atoms with Crippen LogP contribution in [-0.2, 0) is 6.18 Å². The Hall–Kier alpha value is -0.810. The fraction of sp³-hybridized carbons (Fsp3) is 0.615. The maximum Gasteiger partial charge on any atom is 0.417 e. The van der Waals surface area contributed by atoms with Crippen LogP contribution in [0.3, 0.4) is 0 Å². The second-order valence-corrected chi connectivity index (χ2v) is 5.40. The van der Waals surface area contributed by atoms with Gasteiger partial charge in [-0.25, -0.2) is 0 Å². The van der Waals surface area contributed by atoms with Crippen LogP contribution in [0.25, 0.3) is 0 Å². The van der Waals surface area contributed by atoms with Gasteiger partial charge in [0.15, 0.2) is 0 Å². The lowest BCUT2D eigenvalue weighted by Crippen LogP contribution is -2.28. The minimum Gasteiger partial charge on any atom is -0.327 e. The van der Waals surface area contributed by atoms with Crippen LogP contribution < -0.4 is 5.73 Å². The van der Waals surface area contributed by atoms with Crippen LogP contribution in [0.2, 0.25) is 5.02 Å². The highest BCUT2D eigenvalue weighted by atomic mass is 35.5. The molecule has 0 aliphatic heterocycles. The van der Waals surface area contributed by atoms with Crippen molar-refractivity contribution in [2.75, 3.05) is 0 Å². The monoisotopic (exact) mass is 292 g/mol. The number of nitrogens with zero attached hydrogens (tertiary/aromatic N) is 1. The van der Waals surface area contributed by atoms with Gasteiger partial charge in [-0.3, -0.25) is 4.98 Å². The average molecular weight is 293 g/mol. The molecule has 1 heterocycles. The van der Waals surface area contributed by atoms with Crippen molar-refractivity contribution in [3.63, 3.8) is 0 Å². The van der Waals surface area contributed by atoms with Gasteiger partial charge in [-0.1, -0.05) is 30.9 Å². The van der Waals surface area contributed by atoms with Gasteiger partial charge in [0.25, 0.3) is 0 Å². The molecule has 2 atom stereocenters. The second-order valence-electron chi connectivity index (χ2n) is 5.00. The highest BCUT2D eigenvalue weighted by Crippen LogP contribution is 2.36. The Balaban J connectivity index is 2.29. The summed E-state index contributed by atoms with van der Waals surface area (Å²) >= 11 is 5.97. The van der Waals surface area contributed by atoms with E-state index in [9.17, 15) is 13.2 Å². The van der Waals surface area contributed by atoms with Gasteiger partial charge in [-0.05, 0) is 18.9 Å². The molecule has 0 radical (unpaired) electrons. The third-order valence-electron chi connectivity index (χ3n) is 3.62. The third-order valence-corrected chi connectivity index (χ3v) is 3.92.